The lowest BCUT2D eigenvalue weighted by atomic mass is 10.1. The molecule has 0 saturated carbocycles. The van der Waals surface area contributed by atoms with Crippen molar-refractivity contribution in [1.29, 1.82) is 0 Å². The number of carbonyl (C=O) groups is 2. The van der Waals surface area contributed by atoms with Gasteiger partial charge in [0.1, 0.15) is 16.9 Å². The summed E-state index contributed by atoms with van der Waals surface area (Å²) in [6.45, 7) is 3.26. The zero-order valence-corrected chi connectivity index (χ0v) is 20.3. The molecule has 6 rings (SSSR count). The zero-order valence-electron chi connectivity index (χ0n) is 19.5. The van der Waals surface area contributed by atoms with Crippen molar-refractivity contribution < 1.29 is 23.6 Å². The molecule has 1 aromatic carbocycles. The molecule has 2 N–H and O–H groups in total. The van der Waals surface area contributed by atoms with E-state index in [2.05, 4.69) is 15.8 Å². The summed E-state index contributed by atoms with van der Waals surface area (Å²) in [5.74, 6) is 0.840. The van der Waals surface area contributed by atoms with Gasteiger partial charge in [-0.1, -0.05) is 5.16 Å². The fourth-order valence-corrected chi connectivity index (χ4v) is 6.38. The number of aryl methyl sites for hydroxylation is 1. The molecule has 1 saturated heterocycles. The Morgan fingerprint density at radius 3 is 2.94 bits per heavy atom. The molecule has 2 unspecified atom stereocenters. The lowest BCUT2D eigenvalue weighted by Gasteiger charge is -2.12. The summed E-state index contributed by atoms with van der Waals surface area (Å²) in [5.41, 5.74) is 3.75. The first kappa shape index (κ1) is 22.3. The summed E-state index contributed by atoms with van der Waals surface area (Å²) >= 11 is 1.48. The Hall–Kier alpha value is -3.17. The summed E-state index contributed by atoms with van der Waals surface area (Å²) in [5, 5.41) is 10.5. The van der Waals surface area contributed by atoms with Gasteiger partial charge in [0.2, 0.25) is 0 Å². The standard InChI is InChI=1S/C26H27N3O5S/c1-14-10-16-11-15(7-8-20(16)33-14)21-12-19(29-34-21)24(30)28-26-23(18-5-2-6-22(18)35-26)25(31)27-13-17-4-3-9-32-17/h7-8,11-12,14,17H,2-6,9-10,13H2,1H3,(H,27,31)(H,28,30). The average Bonchev–Trinajstić information content (AvgIpc) is 3.65. The number of carbonyl (C=O) groups excluding carboxylic acids is 2. The van der Waals surface area contributed by atoms with E-state index in [1.165, 1.54) is 11.3 Å². The van der Waals surface area contributed by atoms with E-state index in [-0.39, 0.29) is 23.8 Å². The van der Waals surface area contributed by atoms with Crippen molar-refractivity contribution in [2.45, 2.75) is 57.7 Å². The van der Waals surface area contributed by atoms with E-state index in [0.717, 1.165) is 72.4 Å². The van der Waals surface area contributed by atoms with Crippen LogP contribution in [-0.2, 0) is 24.0 Å². The maximum absolute atomic E-state index is 13.1. The number of nitrogens with zero attached hydrogens (tertiary/aromatic N) is 1. The fourth-order valence-electron chi connectivity index (χ4n) is 5.09. The van der Waals surface area contributed by atoms with Crippen LogP contribution in [0.5, 0.6) is 5.75 Å². The maximum Gasteiger partial charge on any atom is 0.278 e. The predicted molar refractivity (Wildman–Crippen MR) is 131 cm³/mol. The highest BCUT2D eigenvalue weighted by atomic mass is 32.1. The number of ether oxygens (including phenoxy) is 2. The summed E-state index contributed by atoms with van der Waals surface area (Å²) in [4.78, 5) is 27.3. The number of anilines is 1. The largest absolute Gasteiger partial charge is 0.490 e. The van der Waals surface area contributed by atoms with E-state index in [1.807, 2.05) is 25.1 Å². The first-order valence-electron chi connectivity index (χ1n) is 12.2. The topological polar surface area (TPSA) is 103 Å². The molecule has 8 nitrogen and oxygen atoms in total. The predicted octanol–water partition coefficient (Wildman–Crippen LogP) is 4.38. The van der Waals surface area contributed by atoms with Crippen molar-refractivity contribution in [2.24, 2.45) is 0 Å². The molecular formula is C26H27N3O5S. The van der Waals surface area contributed by atoms with Crippen LogP contribution in [0.15, 0.2) is 28.8 Å². The second-order valence-electron chi connectivity index (χ2n) is 9.39. The SMILES string of the molecule is CC1Cc2cc(-c3cc(C(=O)Nc4sc5c(c4C(=O)NCC4CCCO4)CCC5)no3)ccc2O1. The van der Waals surface area contributed by atoms with Crippen LogP contribution in [-0.4, -0.2) is 42.3 Å². The second-order valence-corrected chi connectivity index (χ2v) is 10.5. The Morgan fingerprint density at radius 1 is 1.17 bits per heavy atom. The van der Waals surface area contributed by atoms with E-state index in [9.17, 15) is 9.59 Å². The van der Waals surface area contributed by atoms with Crippen LogP contribution in [0.2, 0.25) is 0 Å². The first-order chi connectivity index (χ1) is 17.0. The quantitative estimate of drug-likeness (QED) is 0.529. The third-order valence-corrected chi connectivity index (χ3v) is 8.02. The summed E-state index contributed by atoms with van der Waals surface area (Å²) in [7, 11) is 0. The van der Waals surface area contributed by atoms with Gasteiger partial charge in [0.15, 0.2) is 11.5 Å². The number of aromatic nitrogens is 1. The first-order valence-corrected chi connectivity index (χ1v) is 13.0. The van der Waals surface area contributed by atoms with Gasteiger partial charge in [-0.2, -0.15) is 0 Å². The van der Waals surface area contributed by atoms with Gasteiger partial charge in [0.25, 0.3) is 11.8 Å². The van der Waals surface area contributed by atoms with E-state index in [1.54, 1.807) is 6.07 Å². The lowest BCUT2D eigenvalue weighted by Crippen LogP contribution is -2.32. The zero-order chi connectivity index (χ0) is 23.9. The molecule has 2 aromatic heterocycles. The Labute approximate surface area is 207 Å². The normalized spacial score (nSPS) is 20.4. The van der Waals surface area contributed by atoms with Crippen LogP contribution < -0.4 is 15.4 Å². The Balaban J connectivity index is 1.19. The van der Waals surface area contributed by atoms with Gasteiger partial charge in [-0.15, -0.1) is 11.3 Å². The fraction of sp³-hybridized carbons (Fsp3) is 0.423. The highest BCUT2D eigenvalue weighted by molar-refractivity contribution is 7.17. The molecule has 35 heavy (non-hydrogen) atoms. The smallest absolute Gasteiger partial charge is 0.278 e. The highest BCUT2D eigenvalue weighted by Crippen LogP contribution is 2.39. The Bertz CT molecular complexity index is 1290. The molecule has 9 heteroatoms. The summed E-state index contributed by atoms with van der Waals surface area (Å²) in [6.07, 6.45) is 5.83. The average molecular weight is 494 g/mol. The summed E-state index contributed by atoms with van der Waals surface area (Å²) in [6, 6.07) is 7.47. The van der Waals surface area contributed by atoms with Crippen molar-refractivity contribution in [3.05, 3.63) is 51.5 Å². The molecule has 0 radical (unpaired) electrons. The molecule has 4 heterocycles. The molecular weight excluding hydrogens is 466 g/mol. The Morgan fingerprint density at radius 2 is 2.09 bits per heavy atom. The minimum atomic E-state index is -0.397. The maximum atomic E-state index is 13.1. The monoisotopic (exact) mass is 493 g/mol. The van der Waals surface area contributed by atoms with E-state index < -0.39 is 5.91 Å². The number of thiophene rings is 1. The third kappa shape index (κ3) is 4.34. The van der Waals surface area contributed by atoms with Crippen LogP contribution in [0.1, 0.15) is 63.0 Å². The van der Waals surface area contributed by atoms with Crippen molar-refractivity contribution in [1.82, 2.24) is 10.5 Å². The van der Waals surface area contributed by atoms with Crippen LogP contribution in [0.3, 0.4) is 0 Å². The van der Waals surface area contributed by atoms with Crippen molar-refractivity contribution in [2.75, 3.05) is 18.5 Å². The Kier molecular flexibility index (Phi) is 5.82. The number of fused-ring (bicyclic) bond motifs is 2. The molecule has 1 fully saturated rings. The van der Waals surface area contributed by atoms with Gasteiger partial charge < -0.3 is 24.6 Å². The van der Waals surface area contributed by atoms with Gasteiger partial charge >= 0.3 is 0 Å². The molecule has 0 spiro atoms. The summed E-state index contributed by atoms with van der Waals surface area (Å²) < 4.78 is 16.9. The number of rotatable bonds is 6. The van der Waals surface area contributed by atoms with Crippen LogP contribution in [0.25, 0.3) is 11.3 Å². The van der Waals surface area contributed by atoms with Gasteiger partial charge in [0.05, 0.1) is 11.7 Å². The minimum Gasteiger partial charge on any atom is -0.490 e. The molecule has 0 bridgehead atoms. The molecule has 2 amide bonds. The number of hydrogen-bond donors (Lipinski definition) is 2. The second kappa shape index (κ2) is 9.13. The van der Waals surface area contributed by atoms with Crippen LogP contribution in [0.4, 0.5) is 5.00 Å². The third-order valence-electron chi connectivity index (χ3n) is 6.81. The van der Waals surface area contributed by atoms with E-state index in [0.29, 0.717) is 22.9 Å². The number of hydrogen-bond acceptors (Lipinski definition) is 7. The van der Waals surface area contributed by atoms with Crippen molar-refractivity contribution >= 4 is 28.2 Å². The van der Waals surface area contributed by atoms with Crippen LogP contribution in [0, 0.1) is 0 Å². The number of amides is 2. The van der Waals surface area contributed by atoms with Gasteiger partial charge in [-0.25, -0.2) is 0 Å². The van der Waals surface area contributed by atoms with E-state index >= 15 is 0 Å². The lowest BCUT2D eigenvalue weighted by molar-refractivity contribution is 0.0858. The molecule has 1 aliphatic carbocycles. The molecule has 3 aliphatic rings. The molecule has 3 aromatic rings. The number of nitrogens with one attached hydrogen (secondary N) is 2. The molecule has 2 aliphatic heterocycles. The van der Waals surface area contributed by atoms with Gasteiger partial charge in [-0.3, -0.25) is 9.59 Å². The van der Waals surface area contributed by atoms with E-state index in [4.69, 9.17) is 14.0 Å². The van der Waals surface area contributed by atoms with Crippen LogP contribution >= 0.6 is 11.3 Å². The van der Waals surface area contributed by atoms with Gasteiger partial charge in [-0.05, 0) is 68.4 Å². The van der Waals surface area contributed by atoms with Gasteiger partial charge in [0, 0.05) is 36.1 Å². The molecule has 182 valence electrons. The number of benzene rings is 1. The molecule has 2 atom stereocenters. The highest BCUT2D eigenvalue weighted by Gasteiger charge is 2.29. The van der Waals surface area contributed by atoms with Crippen molar-refractivity contribution in [3.8, 4) is 17.1 Å². The minimum absolute atomic E-state index is 0.0613. The van der Waals surface area contributed by atoms with Crippen molar-refractivity contribution in [3.63, 3.8) is 0 Å².